The monoisotopic (exact) mass is 329 g/mol. The smallest absolute Gasteiger partial charge is 0.225 e. The molecule has 1 aliphatic rings. The summed E-state index contributed by atoms with van der Waals surface area (Å²) in [5.74, 6) is 7.94. The van der Waals surface area contributed by atoms with Gasteiger partial charge in [-0.25, -0.2) is 10.8 Å². The molecule has 1 aliphatic heterocycles. The third-order valence-corrected chi connectivity index (χ3v) is 4.00. The number of hydrazine groups is 1. The molecule has 6 N–H and O–H groups in total. The largest absolute Gasteiger partial charge is 0.497 e. The molecule has 8 nitrogen and oxygen atoms in total. The SMILES string of the molecule is COc1ccc(N(N)c2nc(NC3CCCNC3)ncc2N)cc1. The first-order valence-electron chi connectivity index (χ1n) is 7.96. The number of piperidine rings is 1. The molecule has 0 spiro atoms. The average Bonchev–Trinajstić information content (AvgIpc) is 2.64. The summed E-state index contributed by atoms with van der Waals surface area (Å²) in [7, 11) is 1.62. The molecule has 0 radical (unpaired) electrons. The minimum Gasteiger partial charge on any atom is -0.497 e. The first-order valence-corrected chi connectivity index (χ1v) is 7.96. The van der Waals surface area contributed by atoms with E-state index in [4.69, 9.17) is 16.3 Å². The van der Waals surface area contributed by atoms with Gasteiger partial charge in [-0.2, -0.15) is 4.98 Å². The molecule has 0 amide bonds. The van der Waals surface area contributed by atoms with Crippen molar-refractivity contribution in [2.24, 2.45) is 5.84 Å². The van der Waals surface area contributed by atoms with Gasteiger partial charge in [-0.05, 0) is 43.7 Å². The molecule has 3 rings (SSSR count). The lowest BCUT2D eigenvalue weighted by Crippen LogP contribution is -2.39. The number of hydrogen-bond donors (Lipinski definition) is 4. The van der Waals surface area contributed by atoms with E-state index in [9.17, 15) is 0 Å². The zero-order valence-electron chi connectivity index (χ0n) is 13.7. The van der Waals surface area contributed by atoms with Crippen LogP contribution in [0.1, 0.15) is 12.8 Å². The van der Waals surface area contributed by atoms with E-state index in [0.717, 1.165) is 37.4 Å². The quantitative estimate of drug-likeness (QED) is 0.478. The fourth-order valence-corrected chi connectivity index (χ4v) is 2.67. The van der Waals surface area contributed by atoms with Crippen molar-refractivity contribution in [1.82, 2.24) is 15.3 Å². The number of hydrogen-bond acceptors (Lipinski definition) is 8. The standard InChI is InChI=1S/C16H23N7O/c1-24-13-6-4-12(5-7-13)23(18)15-14(17)10-20-16(22-15)21-11-3-2-8-19-9-11/h4-7,10-11,19H,2-3,8-9,17-18H2,1H3,(H,20,21,22). The highest BCUT2D eigenvalue weighted by Gasteiger charge is 2.16. The van der Waals surface area contributed by atoms with Gasteiger partial charge in [0.25, 0.3) is 0 Å². The molecule has 0 aliphatic carbocycles. The molecule has 1 aromatic heterocycles. The van der Waals surface area contributed by atoms with Crippen molar-refractivity contribution in [1.29, 1.82) is 0 Å². The molecule has 24 heavy (non-hydrogen) atoms. The van der Waals surface area contributed by atoms with Crippen molar-refractivity contribution >= 4 is 23.1 Å². The fraction of sp³-hybridized carbons (Fsp3) is 0.375. The maximum atomic E-state index is 6.19. The Balaban J connectivity index is 1.79. The second kappa shape index (κ2) is 7.33. The lowest BCUT2D eigenvalue weighted by Gasteiger charge is -2.25. The zero-order valence-corrected chi connectivity index (χ0v) is 13.7. The van der Waals surface area contributed by atoms with E-state index in [1.807, 2.05) is 24.3 Å². The predicted octanol–water partition coefficient (Wildman–Crippen LogP) is 1.24. The van der Waals surface area contributed by atoms with Crippen LogP contribution in [-0.2, 0) is 0 Å². The normalized spacial score (nSPS) is 17.3. The molecule has 128 valence electrons. The Labute approximate surface area is 141 Å². The minimum atomic E-state index is 0.308. The summed E-state index contributed by atoms with van der Waals surface area (Å²) in [4.78, 5) is 8.74. The van der Waals surface area contributed by atoms with Crippen molar-refractivity contribution < 1.29 is 4.74 Å². The molecule has 2 heterocycles. The lowest BCUT2D eigenvalue weighted by molar-refractivity contribution is 0.415. The number of rotatable bonds is 5. The number of nitrogens with two attached hydrogens (primary N) is 2. The van der Waals surface area contributed by atoms with Crippen LogP contribution in [0.25, 0.3) is 0 Å². The van der Waals surface area contributed by atoms with Crippen molar-refractivity contribution in [3.8, 4) is 5.75 Å². The van der Waals surface area contributed by atoms with Crippen LogP contribution in [0.15, 0.2) is 30.5 Å². The Hall–Kier alpha value is -2.58. The highest BCUT2D eigenvalue weighted by molar-refractivity contribution is 5.70. The van der Waals surface area contributed by atoms with E-state index < -0.39 is 0 Å². The number of aromatic nitrogens is 2. The van der Waals surface area contributed by atoms with Gasteiger partial charge < -0.3 is 21.1 Å². The van der Waals surface area contributed by atoms with Crippen molar-refractivity contribution in [2.45, 2.75) is 18.9 Å². The van der Waals surface area contributed by atoms with Crippen LogP contribution in [0, 0.1) is 0 Å². The number of ether oxygens (including phenoxy) is 1. The molecule has 0 saturated carbocycles. The summed E-state index contributed by atoms with van der Waals surface area (Å²) in [6, 6.07) is 7.66. The molecule has 8 heteroatoms. The van der Waals surface area contributed by atoms with Gasteiger partial charge in [0.1, 0.15) is 5.75 Å². The molecule has 2 aromatic rings. The summed E-state index contributed by atoms with van der Waals surface area (Å²) in [6.07, 6.45) is 3.79. The molecular weight excluding hydrogens is 306 g/mol. The number of anilines is 4. The first-order chi connectivity index (χ1) is 11.7. The van der Waals surface area contributed by atoms with Gasteiger partial charge in [0, 0.05) is 12.6 Å². The van der Waals surface area contributed by atoms with Gasteiger partial charge in [0.15, 0.2) is 5.82 Å². The maximum absolute atomic E-state index is 6.19. The molecule has 1 unspecified atom stereocenters. The van der Waals surface area contributed by atoms with Crippen LogP contribution in [0.2, 0.25) is 0 Å². The van der Waals surface area contributed by atoms with Crippen LogP contribution < -0.4 is 32.0 Å². The number of nitrogens with one attached hydrogen (secondary N) is 2. The fourth-order valence-electron chi connectivity index (χ4n) is 2.67. The molecule has 1 aromatic carbocycles. The minimum absolute atomic E-state index is 0.308. The van der Waals surface area contributed by atoms with Crippen molar-refractivity contribution in [3.63, 3.8) is 0 Å². The Bertz CT molecular complexity index is 671. The predicted molar refractivity (Wildman–Crippen MR) is 95.3 cm³/mol. The third kappa shape index (κ3) is 3.66. The van der Waals surface area contributed by atoms with E-state index in [2.05, 4.69) is 20.6 Å². The second-order valence-electron chi connectivity index (χ2n) is 5.73. The Morgan fingerprint density at radius 1 is 1.33 bits per heavy atom. The highest BCUT2D eigenvalue weighted by Crippen LogP contribution is 2.27. The Morgan fingerprint density at radius 3 is 2.79 bits per heavy atom. The highest BCUT2D eigenvalue weighted by atomic mass is 16.5. The second-order valence-corrected chi connectivity index (χ2v) is 5.73. The zero-order chi connectivity index (χ0) is 16.9. The van der Waals surface area contributed by atoms with E-state index >= 15 is 0 Å². The Morgan fingerprint density at radius 2 is 2.12 bits per heavy atom. The van der Waals surface area contributed by atoms with E-state index in [-0.39, 0.29) is 0 Å². The summed E-state index contributed by atoms with van der Waals surface area (Å²) in [5, 5.41) is 8.13. The van der Waals surface area contributed by atoms with E-state index in [1.165, 1.54) is 5.01 Å². The van der Waals surface area contributed by atoms with Crippen LogP contribution in [0.4, 0.5) is 23.1 Å². The molecule has 1 fully saturated rings. The number of methoxy groups -OCH3 is 1. The summed E-state index contributed by atoms with van der Waals surface area (Å²) >= 11 is 0. The number of benzene rings is 1. The molecule has 0 bridgehead atoms. The molecule has 1 atom stereocenters. The Kier molecular flexibility index (Phi) is 4.97. The van der Waals surface area contributed by atoms with Gasteiger partial charge in [-0.3, -0.25) is 5.01 Å². The third-order valence-electron chi connectivity index (χ3n) is 4.00. The van der Waals surface area contributed by atoms with Crippen LogP contribution in [0.3, 0.4) is 0 Å². The van der Waals surface area contributed by atoms with Gasteiger partial charge in [0.05, 0.1) is 24.7 Å². The van der Waals surface area contributed by atoms with Crippen LogP contribution >= 0.6 is 0 Å². The van der Waals surface area contributed by atoms with Crippen molar-refractivity contribution in [2.75, 3.05) is 36.3 Å². The lowest BCUT2D eigenvalue weighted by atomic mass is 10.1. The van der Waals surface area contributed by atoms with Gasteiger partial charge in [-0.1, -0.05) is 0 Å². The van der Waals surface area contributed by atoms with Gasteiger partial charge in [-0.15, -0.1) is 0 Å². The summed E-state index contributed by atoms with van der Waals surface area (Å²) < 4.78 is 5.16. The summed E-state index contributed by atoms with van der Waals surface area (Å²) in [6.45, 7) is 1.95. The van der Waals surface area contributed by atoms with Crippen molar-refractivity contribution in [3.05, 3.63) is 30.5 Å². The number of nitrogens with zero attached hydrogens (tertiary/aromatic N) is 3. The number of nitrogen functional groups attached to an aromatic ring is 1. The van der Waals surface area contributed by atoms with Crippen LogP contribution in [-0.4, -0.2) is 36.2 Å². The van der Waals surface area contributed by atoms with Gasteiger partial charge in [0.2, 0.25) is 5.95 Å². The van der Waals surface area contributed by atoms with E-state index in [1.54, 1.807) is 13.3 Å². The summed E-state index contributed by atoms with van der Waals surface area (Å²) in [5.41, 5.74) is 7.18. The molecule has 1 saturated heterocycles. The first kappa shape index (κ1) is 16.3. The molecular formula is C16H23N7O. The average molecular weight is 329 g/mol. The van der Waals surface area contributed by atoms with Gasteiger partial charge >= 0.3 is 0 Å². The topological polar surface area (TPSA) is 114 Å². The van der Waals surface area contributed by atoms with E-state index in [0.29, 0.717) is 23.5 Å². The van der Waals surface area contributed by atoms with Crippen LogP contribution in [0.5, 0.6) is 5.75 Å². The maximum Gasteiger partial charge on any atom is 0.225 e.